The topological polar surface area (TPSA) is 82.0 Å². The highest BCUT2D eigenvalue weighted by atomic mass is 35.5. The van der Waals surface area contributed by atoms with E-state index in [0.29, 0.717) is 21.2 Å². The van der Waals surface area contributed by atoms with Crippen LogP contribution in [0.4, 0.5) is 5.69 Å². The summed E-state index contributed by atoms with van der Waals surface area (Å²) in [5, 5.41) is 23.6. The summed E-state index contributed by atoms with van der Waals surface area (Å²) in [5.41, 5.74) is 1.46. The van der Waals surface area contributed by atoms with Crippen LogP contribution in [-0.4, -0.2) is 55.4 Å². The number of methoxy groups -OCH3 is 1. The molecule has 0 aromatic heterocycles. The normalized spacial score (nSPS) is 10.9. The van der Waals surface area contributed by atoms with Gasteiger partial charge in [0.1, 0.15) is 11.5 Å². The Labute approximate surface area is 174 Å². The lowest BCUT2D eigenvalue weighted by Gasteiger charge is -2.17. The van der Waals surface area contributed by atoms with Crippen LogP contribution in [0.15, 0.2) is 40.1 Å². The van der Waals surface area contributed by atoms with Crippen molar-refractivity contribution in [3.05, 3.63) is 40.9 Å². The first kappa shape index (κ1) is 22.2. The SMILES string of the molecule is COc1ccc(CCC(=O)O)c(O)c1Sc1cc(Cl)ccc1NCCN(C)C. The van der Waals surface area contributed by atoms with Gasteiger partial charge in [0.05, 0.1) is 12.0 Å². The molecule has 2 aromatic carbocycles. The molecule has 152 valence electrons. The van der Waals surface area contributed by atoms with E-state index in [9.17, 15) is 9.90 Å². The van der Waals surface area contributed by atoms with Crippen molar-refractivity contribution in [2.75, 3.05) is 39.6 Å². The number of aryl methyl sites for hydroxylation is 1. The van der Waals surface area contributed by atoms with Crippen LogP contribution in [0.3, 0.4) is 0 Å². The van der Waals surface area contributed by atoms with Crippen LogP contribution in [0.1, 0.15) is 12.0 Å². The maximum atomic E-state index is 10.9. The molecule has 0 bridgehead atoms. The first-order valence-corrected chi connectivity index (χ1v) is 9.98. The van der Waals surface area contributed by atoms with E-state index in [1.54, 1.807) is 12.1 Å². The lowest BCUT2D eigenvalue weighted by atomic mass is 10.1. The molecule has 8 heteroatoms. The van der Waals surface area contributed by atoms with Crippen LogP contribution in [0.25, 0.3) is 0 Å². The zero-order valence-corrected chi connectivity index (χ0v) is 17.7. The summed E-state index contributed by atoms with van der Waals surface area (Å²) in [6.45, 7) is 1.62. The minimum Gasteiger partial charge on any atom is -0.506 e. The Bertz CT molecular complexity index is 830. The van der Waals surface area contributed by atoms with E-state index in [0.717, 1.165) is 23.7 Å². The average molecular weight is 425 g/mol. The molecule has 0 amide bonds. The molecule has 0 saturated heterocycles. The van der Waals surface area contributed by atoms with E-state index >= 15 is 0 Å². The van der Waals surface area contributed by atoms with Crippen LogP contribution in [0.5, 0.6) is 11.5 Å². The third-order valence-electron chi connectivity index (χ3n) is 4.04. The Balaban J connectivity index is 2.34. The van der Waals surface area contributed by atoms with Gasteiger partial charge in [-0.3, -0.25) is 4.79 Å². The molecule has 0 unspecified atom stereocenters. The van der Waals surface area contributed by atoms with Crippen molar-refractivity contribution in [3.63, 3.8) is 0 Å². The number of phenols is 1. The number of aromatic hydroxyl groups is 1. The minimum absolute atomic E-state index is 0.0322. The van der Waals surface area contributed by atoms with Crippen molar-refractivity contribution in [2.24, 2.45) is 0 Å². The average Bonchev–Trinajstić information content (AvgIpc) is 2.63. The molecule has 3 N–H and O–H groups in total. The van der Waals surface area contributed by atoms with Crippen molar-refractivity contribution >= 4 is 35.0 Å². The van der Waals surface area contributed by atoms with Crippen LogP contribution >= 0.6 is 23.4 Å². The number of carboxylic acid groups (broad SMARTS) is 1. The van der Waals surface area contributed by atoms with Gasteiger partial charge >= 0.3 is 5.97 Å². The summed E-state index contributed by atoms with van der Waals surface area (Å²) >= 11 is 7.52. The number of rotatable bonds is 10. The van der Waals surface area contributed by atoms with E-state index in [2.05, 4.69) is 10.2 Å². The van der Waals surface area contributed by atoms with Crippen molar-refractivity contribution in [3.8, 4) is 11.5 Å². The lowest BCUT2D eigenvalue weighted by Crippen LogP contribution is -2.20. The Hall–Kier alpha value is -2.09. The van der Waals surface area contributed by atoms with E-state index in [1.165, 1.54) is 18.9 Å². The molecule has 0 aliphatic heterocycles. The zero-order valence-electron chi connectivity index (χ0n) is 16.2. The molecule has 0 radical (unpaired) electrons. The number of anilines is 1. The predicted molar refractivity (Wildman–Crippen MR) is 113 cm³/mol. The molecule has 0 aliphatic carbocycles. The van der Waals surface area contributed by atoms with E-state index in [4.69, 9.17) is 21.4 Å². The maximum Gasteiger partial charge on any atom is 0.303 e. The molecule has 2 rings (SSSR count). The highest BCUT2D eigenvalue weighted by Crippen LogP contribution is 2.46. The van der Waals surface area contributed by atoms with Crippen LogP contribution in [0, 0.1) is 0 Å². The molecule has 0 aliphatic rings. The van der Waals surface area contributed by atoms with Gasteiger partial charge < -0.3 is 25.2 Å². The third-order valence-corrected chi connectivity index (χ3v) is 5.43. The number of phenolic OH excluding ortho intramolecular Hbond substituents is 1. The highest BCUT2D eigenvalue weighted by molar-refractivity contribution is 7.99. The zero-order chi connectivity index (χ0) is 20.7. The number of carbonyl (C=O) groups is 1. The minimum atomic E-state index is -0.911. The van der Waals surface area contributed by atoms with Gasteiger partial charge in [0, 0.05) is 35.1 Å². The number of aliphatic carboxylic acids is 1. The molecule has 6 nitrogen and oxygen atoms in total. The fourth-order valence-electron chi connectivity index (χ4n) is 2.55. The van der Waals surface area contributed by atoms with E-state index in [1.807, 2.05) is 32.3 Å². The Morgan fingerprint density at radius 3 is 2.68 bits per heavy atom. The van der Waals surface area contributed by atoms with Crippen LogP contribution in [0.2, 0.25) is 5.02 Å². The lowest BCUT2D eigenvalue weighted by molar-refractivity contribution is -0.136. The van der Waals surface area contributed by atoms with Gasteiger partial charge in [0.25, 0.3) is 0 Å². The number of benzene rings is 2. The van der Waals surface area contributed by atoms with E-state index in [-0.39, 0.29) is 18.6 Å². The molecule has 28 heavy (non-hydrogen) atoms. The Kier molecular flexibility index (Phi) is 8.29. The molecule has 0 atom stereocenters. The first-order chi connectivity index (χ1) is 13.3. The number of likely N-dealkylation sites (N-methyl/N-ethyl adjacent to an activating group) is 1. The van der Waals surface area contributed by atoms with Gasteiger partial charge in [0.15, 0.2) is 0 Å². The molecular weight excluding hydrogens is 400 g/mol. The van der Waals surface area contributed by atoms with Crippen molar-refractivity contribution < 1.29 is 19.7 Å². The fourth-order valence-corrected chi connectivity index (χ4v) is 3.92. The first-order valence-electron chi connectivity index (χ1n) is 8.78. The molecule has 0 fully saturated rings. The van der Waals surface area contributed by atoms with Crippen molar-refractivity contribution in [1.82, 2.24) is 4.90 Å². The number of nitrogens with one attached hydrogen (secondary N) is 1. The second-order valence-corrected chi connectivity index (χ2v) is 7.96. The maximum absolute atomic E-state index is 10.9. The van der Waals surface area contributed by atoms with Crippen molar-refractivity contribution in [2.45, 2.75) is 22.6 Å². The number of hydrogen-bond acceptors (Lipinski definition) is 6. The van der Waals surface area contributed by atoms with Gasteiger partial charge in [-0.05, 0) is 50.3 Å². The molecule has 0 heterocycles. The van der Waals surface area contributed by atoms with Gasteiger partial charge in [-0.1, -0.05) is 29.4 Å². The summed E-state index contributed by atoms with van der Waals surface area (Å²) in [5.74, 6) is -0.364. The summed E-state index contributed by atoms with van der Waals surface area (Å²) in [6.07, 6.45) is 0.181. The quantitative estimate of drug-likeness (QED) is 0.527. The molecule has 0 saturated carbocycles. The second kappa shape index (κ2) is 10.5. The number of hydrogen-bond donors (Lipinski definition) is 3. The summed E-state index contributed by atoms with van der Waals surface area (Å²) in [7, 11) is 5.54. The van der Waals surface area contributed by atoms with Gasteiger partial charge in [0.2, 0.25) is 0 Å². The smallest absolute Gasteiger partial charge is 0.303 e. The fraction of sp³-hybridized carbons (Fsp3) is 0.350. The number of nitrogens with zero attached hydrogens (tertiary/aromatic N) is 1. The number of halogens is 1. The predicted octanol–water partition coefficient (Wildman–Crippen LogP) is 4.20. The standard InChI is InChI=1S/C20H25ClN2O4S/c1-23(2)11-10-22-15-7-6-14(21)12-17(15)28-20-16(27-3)8-4-13(19(20)26)5-9-18(24)25/h4,6-8,12,22,26H,5,9-11H2,1-3H3,(H,24,25). The highest BCUT2D eigenvalue weighted by Gasteiger charge is 2.17. The van der Waals surface area contributed by atoms with Gasteiger partial charge in [-0.25, -0.2) is 0 Å². The largest absolute Gasteiger partial charge is 0.506 e. The monoisotopic (exact) mass is 424 g/mol. The molecular formula is C20H25ClN2O4S. The summed E-state index contributed by atoms with van der Waals surface area (Å²) in [6, 6.07) is 8.97. The van der Waals surface area contributed by atoms with Crippen molar-refractivity contribution in [1.29, 1.82) is 0 Å². The third kappa shape index (κ3) is 6.22. The number of ether oxygens (including phenoxy) is 1. The van der Waals surface area contributed by atoms with Crippen LogP contribution < -0.4 is 10.1 Å². The van der Waals surface area contributed by atoms with Gasteiger partial charge in [-0.2, -0.15) is 0 Å². The Morgan fingerprint density at radius 2 is 2.04 bits per heavy atom. The molecule has 0 spiro atoms. The van der Waals surface area contributed by atoms with Gasteiger partial charge in [-0.15, -0.1) is 0 Å². The Morgan fingerprint density at radius 1 is 1.29 bits per heavy atom. The molecule has 2 aromatic rings. The number of carboxylic acids is 1. The summed E-state index contributed by atoms with van der Waals surface area (Å²) < 4.78 is 5.40. The summed E-state index contributed by atoms with van der Waals surface area (Å²) in [4.78, 5) is 14.3. The van der Waals surface area contributed by atoms with E-state index < -0.39 is 5.97 Å². The second-order valence-electron chi connectivity index (χ2n) is 6.47. The van der Waals surface area contributed by atoms with Crippen LogP contribution in [-0.2, 0) is 11.2 Å².